The summed E-state index contributed by atoms with van der Waals surface area (Å²) in [6.45, 7) is 1.11. The molecule has 1 heteroatoms. The zero-order chi connectivity index (χ0) is 11.5. The zero-order valence-electron chi connectivity index (χ0n) is 9.95. The monoisotopic (exact) mass is 223 g/mol. The van der Waals surface area contributed by atoms with Crippen molar-refractivity contribution in [2.24, 2.45) is 0 Å². The Labute approximate surface area is 102 Å². The quantitative estimate of drug-likeness (QED) is 0.819. The molecule has 0 atom stereocenters. The Morgan fingerprint density at radius 1 is 0.941 bits per heavy atom. The van der Waals surface area contributed by atoms with Gasteiger partial charge in [-0.2, -0.15) is 0 Å². The lowest BCUT2D eigenvalue weighted by Gasteiger charge is -2.21. The van der Waals surface area contributed by atoms with Gasteiger partial charge in [0.15, 0.2) is 0 Å². The summed E-state index contributed by atoms with van der Waals surface area (Å²) in [5.74, 6) is 0. The van der Waals surface area contributed by atoms with Crippen molar-refractivity contribution in [1.29, 1.82) is 0 Å². The van der Waals surface area contributed by atoms with Crippen molar-refractivity contribution in [1.82, 2.24) is 0 Å². The van der Waals surface area contributed by atoms with Crippen LogP contribution in [0.2, 0.25) is 0 Å². The van der Waals surface area contributed by atoms with Gasteiger partial charge in [-0.05, 0) is 42.0 Å². The van der Waals surface area contributed by atoms with Crippen LogP contribution in [0, 0.1) is 0 Å². The molecule has 1 heterocycles. The van der Waals surface area contributed by atoms with Crippen molar-refractivity contribution in [3.05, 3.63) is 65.2 Å². The summed E-state index contributed by atoms with van der Waals surface area (Å²) in [6.07, 6.45) is 3.51. The van der Waals surface area contributed by atoms with E-state index in [9.17, 15) is 0 Å². The molecule has 0 saturated heterocycles. The second kappa shape index (κ2) is 4.62. The smallest absolute Gasteiger partial charge is 0.0375 e. The lowest BCUT2D eigenvalue weighted by Crippen LogP contribution is -2.13. The molecule has 3 rings (SSSR count). The van der Waals surface area contributed by atoms with Crippen molar-refractivity contribution in [3.63, 3.8) is 0 Å². The molecule has 0 unspecified atom stereocenters. The van der Waals surface area contributed by atoms with Crippen molar-refractivity contribution in [2.75, 3.05) is 11.9 Å². The molecule has 0 amide bonds. The average molecular weight is 223 g/mol. The van der Waals surface area contributed by atoms with Gasteiger partial charge in [-0.3, -0.25) is 0 Å². The molecule has 0 fully saturated rings. The summed E-state index contributed by atoms with van der Waals surface area (Å²) in [5, 5.41) is 3.49. The lowest BCUT2D eigenvalue weighted by molar-refractivity contribution is 0.819. The Morgan fingerprint density at radius 3 is 2.71 bits per heavy atom. The standard InChI is InChI=1S/C16H17N/c1-2-6-13(7-3-1)12-14-8-4-10-16-15(14)9-5-11-17-16/h1-4,6-8,10,17H,5,9,11-12H2. The lowest BCUT2D eigenvalue weighted by atomic mass is 9.93. The Hall–Kier alpha value is -1.76. The molecule has 17 heavy (non-hydrogen) atoms. The molecule has 0 saturated carbocycles. The fourth-order valence-corrected chi connectivity index (χ4v) is 2.57. The second-order valence-corrected chi connectivity index (χ2v) is 4.64. The summed E-state index contributed by atoms with van der Waals surface area (Å²) in [4.78, 5) is 0. The highest BCUT2D eigenvalue weighted by molar-refractivity contribution is 5.57. The molecule has 0 spiro atoms. The fourth-order valence-electron chi connectivity index (χ4n) is 2.57. The molecule has 0 radical (unpaired) electrons. The van der Waals surface area contributed by atoms with Gasteiger partial charge in [0.05, 0.1) is 0 Å². The third kappa shape index (κ3) is 2.19. The van der Waals surface area contributed by atoms with Crippen molar-refractivity contribution < 1.29 is 0 Å². The van der Waals surface area contributed by atoms with E-state index >= 15 is 0 Å². The molecular formula is C16H17N. The third-order valence-corrected chi connectivity index (χ3v) is 3.43. The van der Waals surface area contributed by atoms with Crippen LogP contribution in [0.5, 0.6) is 0 Å². The summed E-state index contributed by atoms with van der Waals surface area (Å²) in [5.41, 5.74) is 5.72. The van der Waals surface area contributed by atoms with E-state index in [1.807, 2.05) is 0 Å². The van der Waals surface area contributed by atoms with Crippen LogP contribution in [-0.2, 0) is 12.8 Å². The van der Waals surface area contributed by atoms with Gasteiger partial charge in [0, 0.05) is 12.2 Å². The summed E-state index contributed by atoms with van der Waals surface area (Å²) in [7, 11) is 0. The van der Waals surface area contributed by atoms with Gasteiger partial charge in [-0.1, -0.05) is 42.5 Å². The number of benzene rings is 2. The van der Waals surface area contributed by atoms with Gasteiger partial charge in [-0.25, -0.2) is 0 Å². The number of anilines is 1. The maximum atomic E-state index is 3.49. The largest absolute Gasteiger partial charge is 0.385 e. The van der Waals surface area contributed by atoms with Crippen molar-refractivity contribution in [3.8, 4) is 0 Å². The highest BCUT2D eigenvalue weighted by Crippen LogP contribution is 2.26. The van der Waals surface area contributed by atoms with Gasteiger partial charge >= 0.3 is 0 Å². The van der Waals surface area contributed by atoms with Gasteiger partial charge in [0.25, 0.3) is 0 Å². The molecule has 1 aliphatic heterocycles. The van der Waals surface area contributed by atoms with E-state index in [0.717, 1.165) is 13.0 Å². The fraction of sp³-hybridized carbons (Fsp3) is 0.250. The first-order valence-corrected chi connectivity index (χ1v) is 6.32. The first kappa shape index (κ1) is 10.4. The SMILES string of the molecule is c1ccc(Cc2cccc3c2CCCN3)cc1. The summed E-state index contributed by atoms with van der Waals surface area (Å²) in [6, 6.07) is 17.3. The summed E-state index contributed by atoms with van der Waals surface area (Å²) >= 11 is 0. The number of fused-ring (bicyclic) bond motifs is 1. The van der Waals surface area contributed by atoms with E-state index in [-0.39, 0.29) is 0 Å². The Balaban J connectivity index is 1.93. The Bertz CT molecular complexity index is 502. The predicted octanol–water partition coefficient (Wildman–Crippen LogP) is 3.64. The molecule has 2 aromatic carbocycles. The molecule has 86 valence electrons. The topological polar surface area (TPSA) is 12.0 Å². The Morgan fingerprint density at radius 2 is 1.82 bits per heavy atom. The van der Waals surface area contributed by atoms with E-state index in [0.29, 0.717) is 0 Å². The van der Waals surface area contributed by atoms with E-state index in [2.05, 4.69) is 53.8 Å². The second-order valence-electron chi connectivity index (χ2n) is 4.64. The van der Waals surface area contributed by atoms with Gasteiger partial charge in [0.2, 0.25) is 0 Å². The van der Waals surface area contributed by atoms with E-state index < -0.39 is 0 Å². The molecule has 1 N–H and O–H groups in total. The highest BCUT2D eigenvalue weighted by atomic mass is 14.9. The molecule has 0 bridgehead atoms. The number of hydrogen-bond acceptors (Lipinski definition) is 1. The molecule has 1 nitrogen and oxygen atoms in total. The van der Waals surface area contributed by atoms with Crippen LogP contribution in [-0.4, -0.2) is 6.54 Å². The van der Waals surface area contributed by atoms with E-state index in [1.165, 1.54) is 35.2 Å². The number of hydrogen-bond donors (Lipinski definition) is 1. The van der Waals surface area contributed by atoms with Gasteiger partial charge in [0.1, 0.15) is 0 Å². The normalized spacial score (nSPS) is 13.9. The highest BCUT2D eigenvalue weighted by Gasteiger charge is 2.12. The Kier molecular flexibility index (Phi) is 2.83. The van der Waals surface area contributed by atoms with Crippen LogP contribution in [0.4, 0.5) is 5.69 Å². The zero-order valence-corrected chi connectivity index (χ0v) is 9.95. The van der Waals surface area contributed by atoms with Crippen LogP contribution < -0.4 is 5.32 Å². The minimum Gasteiger partial charge on any atom is -0.385 e. The maximum Gasteiger partial charge on any atom is 0.0375 e. The average Bonchev–Trinajstić information content (AvgIpc) is 2.40. The van der Waals surface area contributed by atoms with Crippen LogP contribution in [0.1, 0.15) is 23.1 Å². The molecule has 2 aromatic rings. The third-order valence-electron chi connectivity index (χ3n) is 3.43. The molecule has 1 aliphatic rings. The van der Waals surface area contributed by atoms with Gasteiger partial charge in [-0.15, -0.1) is 0 Å². The summed E-state index contributed by atoms with van der Waals surface area (Å²) < 4.78 is 0. The maximum absolute atomic E-state index is 3.49. The van der Waals surface area contributed by atoms with Crippen LogP contribution >= 0.6 is 0 Å². The molecular weight excluding hydrogens is 206 g/mol. The minimum absolute atomic E-state index is 1.05. The number of rotatable bonds is 2. The first-order valence-electron chi connectivity index (χ1n) is 6.32. The van der Waals surface area contributed by atoms with E-state index in [4.69, 9.17) is 0 Å². The first-order chi connectivity index (χ1) is 8.43. The van der Waals surface area contributed by atoms with E-state index in [1.54, 1.807) is 0 Å². The van der Waals surface area contributed by atoms with Crippen LogP contribution in [0.25, 0.3) is 0 Å². The van der Waals surface area contributed by atoms with Crippen LogP contribution in [0.15, 0.2) is 48.5 Å². The minimum atomic E-state index is 1.05. The van der Waals surface area contributed by atoms with Crippen molar-refractivity contribution >= 4 is 5.69 Å². The molecule has 0 aromatic heterocycles. The van der Waals surface area contributed by atoms with Crippen LogP contribution in [0.3, 0.4) is 0 Å². The van der Waals surface area contributed by atoms with Gasteiger partial charge < -0.3 is 5.32 Å². The predicted molar refractivity (Wildman–Crippen MR) is 72.5 cm³/mol. The number of nitrogens with one attached hydrogen (secondary N) is 1. The van der Waals surface area contributed by atoms with Crippen molar-refractivity contribution in [2.45, 2.75) is 19.3 Å². The molecule has 0 aliphatic carbocycles.